The standard InChI is InChI=1S/C18H20Cl2F3N3O/c1-24(2)7-8-26(17(27)15-10-14(19)16(20)25(15)3)11-12-5-4-6-13(9-12)18(21,22)23/h4-6,9-10H,7-8,11H2,1-3H3. The maximum Gasteiger partial charge on any atom is 0.416 e. The summed E-state index contributed by atoms with van der Waals surface area (Å²) >= 11 is 12.0. The van der Waals surface area contributed by atoms with Gasteiger partial charge in [-0.3, -0.25) is 4.79 Å². The average Bonchev–Trinajstić information content (AvgIpc) is 2.85. The molecule has 0 radical (unpaired) electrons. The second kappa shape index (κ2) is 8.54. The zero-order valence-electron chi connectivity index (χ0n) is 15.1. The Balaban J connectivity index is 2.32. The van der Waals surface area contributed by atoms with E-state index >= 15 is 0 Å². The SMILES string of the molecule is CN(C)CCN(Cc1cccc(C(F)(F)F)c1)C(=O)c1cc(Cl)c(Cl)n1C. The Morgan fingerprint density at radius 3 is 2.33 bits per heavy atom. The maximum absolute atomic E-state index is 13.0. The molecule has 0 atom stereocenters. The first-order chi connectivity index (χ1) is 12.5. The van der Waals surface area contributed by atoms with Gasteiger partial charge in [-0.05, 0) is 37.9 Å². The second-order valence-electron chi connectivity index (χ2n) is 6.46. The fourth-order valence-corrected chi connectivity index (χ4v) is 2.92. The quantitative estimate of drug-likeness (QED) is 0.683. The number of hydrogen-bond donors (Lipinski definition) is 0. The number of amides is 1. The Bertz CT molecular complexity index is 819. The third kappa shape index (κ3) is 5.40. The fourth-order valence-electron chi connectivity index (χ4n) is 2.55. The summed E-state index contributed by atoms with van der Waals surface area (Å²) in [6, 6.07) is 6.42. The Morgan fingerprint density at radius 1 is 1.15 bits per heavy atom. The summed E-state index contributed by atoms with van der Waals surface area (Å²) in [7, 11) is 5.31. The number of likely N-dealkylation sites (N-methyl/N-ethyl adjacent to an activating group) is 1. The van der Waals surface area contributed by atoms with Gasteiger partial charge in [0.1, 0.15) is 10.8 Å². The molecule has 0 spiro atoms. The lowest BCUT2D eigenvalue weighted by Crippen LogP contribution is -2.37. The molecule has 0 N–H and O–H groups in total. The summed E-state index contributed by atoms with van der Waals surface area (Å²) in [6.07, 6.45) is -4.44. The summed E-state index contributed by atoms with van der Waals surface area (Å²) < 4.78 is 40.3. The van der Waals surface area contributed by atoms with Crippen LogP contribution in [0.4, 0.5) is 13.2 Å². The van der Waals surface area contributed by atoms with E-state index in [1.807, 2.05) is 19.0 Å². The van der Waals surface area contributed by atoms with Crippen LogP contribution in [0.5, 0.6) is 0 Å². The predicted molar refractivity (Wildman–Crippen MR) is 100 cm³/mol. The predicted octanol–water partition coefficient (Wildman–Crippen LogP) is 4.55. The van der Waals surface area contributed by atoms with Crippen LogP contribution in [0.1, 0.15) is 21.6 Å². The number of hydrogen-bond acceptors (Lipinski definition) is 2. The summed E-state index contributed by atoms with van der Waals surface area (Å²) in [4.78, 5) is 16.3. The van der Waals surface area contributed by atoms with E-state index in [0.717, 1.165) is 12.1 Å². The Kier molecular flexibility index (Phi) is 6.83. The Morgan fingerprint density at radius 2 is 1.81 bits per heavy atom. The minimum Gasteiger partial charge on any atom is -0.332 e. The van der Waals surface area contributed by atoms with Crippen molar-refractivity contribution in [3.63, 3.8) is 0 Å². The van der Waals surface area contributed by atoms with Crippen LogP contribution >= 0.6 is 23.2 Å². The molecule has 148 valence electrons. The summed E-state index contributed by atoms with van der Waals surface area (Å²) in [5.74, 6) is -0.356. The fraction of sp³-hybridized carbons (Fsp3) is 0.389. The van der Waals surface area contributed by atoms with Crippen LogP contribution in [-0.2, 0) is 19.8 Å². The molecule has 0 saturated heterocycles. The lowest BCUT2D eigenvalue weighted by molar-refractivity contribution is -0.137. The zero-order valence-corrected chi connectivity index (χ0v) is 16.7. The van der Waals surface area contributed by atoms with E-state index in [4.69, 9.17) is 23.2 Å². The number of rotatable bonds is 6. The first-order valence-electron chi connectivity index (χ1n) is 8.11. The van der Waals surface area contributed by atoms with Gasteiger partial charge in [0.15, 0.2) is 0 Å². The lowest BCUT2D eigenvalue weighted by Gasteiger charge is -2.25. The Hall–Kier alpha value is -1.70. The van der Waals surface area contributed by atoms with E-state index in [1.165, 1.54) is 21.6 Å². The van der Waals surface area contributed by atoms with Crippen LogP contribution < -0.4 is 0 Å². The second-order valence-corrected chi connectivity index (χ2v) is 7.22. The summed E-state index contributed by atoms with van der Waals surface area (Å²) in [6.45, 7) is 0.927. The molecule has 9 heteroatoms. The molecule has 0 unspecified atom stereocenters. The number of alkyl halides is 3. The van der Waals surface area contributed by atoms with Gasteiger partial charge in [0.05, 0.1) is 10.6 Å². The molecule has 4 nitrogen and oxygen atoms in total. The third-order valence-corrected chi connectivity index (χ3v) is 4.91. The van der Waals surface area contributed by atoms with Gasteiger partial charge in [0.25, 0.3) is 5.91 Å². The van der Waals surface area contributed by atoms with E-state index in [9.17, 15) is 18.0 Å². The minimum atomic E-state index is -4.44. The van der Waals surface area contributed by atoms with Crippen molar-refractivity contribution in [2.75, 3.05) is 27.2 Å². The van der Waals surface area contributed by atoms with Crippen molar-refractivity contribution in [1.82, 2.24) is 14.4 Å². The number of benzene rings is 1. The largest absolute Gasteiger partial charge is 0.416 e. The Labute approximate surface area is 166 Å². The molecule has 1 amide bonds. The van der Waals surface area contributed by atoms with Crippen molar-refractivity contribution in [1.29, 1.82) is 0 Å². The van der Waals surface area contributed by atoms with Crippen LogP contribution in [-0.4, -0.2) is 47.5 Å². The molecule has 2 rings (SSSR count). The minimum absolute atomic E-state index is 0.0387. The van der Waals surface area contributed by atoms with Crippen LogP contribution in [0.3, 0.4) is 0 Å². The molecule has 0 fully saturated rings. The highest BCUT2D eigenvalue weighted by molar-refractivity contribution is 6.41. The molecular weight excluding hydrogens is 402 g/mol. The van der Waals surface area contributed by atoms with Crippen LogP contribution in [0, 0.1) is 0 Å². The highest BCUT2D eigenvalue weighted by atomic mass is 35.5. The van der Waals surface area contributed by atoms with Crippen LogP contribution in [0.25, 0.3) is 0 Å². The molecule has 0 aliphatic rings. The van der Waals surface area contributed by atoms with E-state index in [2.05, 4.69) is 0 Å². The molecule has 0 aliphatic carbocycles. The first kappa shape index (κ1) is 21.6. The summed E-state index contributed by atoms with van der Waals surface area (Å²) in [5, 5.41) is 0.473. The number of halogens is 5. The van der Waals surface area contributed by atoms with Gasteiger partial charge in [-0.15, -0.1) is 0 Å². The van der Waals surface area contributed by atoms with Gasteiger partial charge in [0.2, 0.25) is 0 Å². The van der Waals surface area contributed by atoms with Crippen molar-refractivity contribution in [3.8, 4) is 0 Å². The monoisotopic (exact) mass is 421 g/mol. The van der Waals surface area contributed by atoms with E-state index in [-0.39, 0.29) is 28.3 Å². The van der Waals surface area contributed by atoms with Gasteiger partial charge in [0, 0.05) is 26.7 Å². The molecule has 0 aliphatic heterocycles. The van der Waals surface area contributed by atoms with E-state index in [1.54, 1.807) is 13.1 Å². The molecule has 27 heavy (non-hydrogen) atoms. The van der Waals surface area contributed by atoms with Crippen molar-refractivity contribution < 1.29 is 18.0 Å². The van der Waals surface area contributed by atoms with E-state index < -0.39 is 11.7 Å². The van der Waals surface area contributed by atoms with Gasteiger partial charge in [-0.2, -0.15) is 13.2 Å². The highest BCUT2D eigenvalue weighted by Crippen LogP contribution is 2.30. The first-order valence-corrected chi connectivity index (χ1v) is 8.87. The maximum atomic E-state index is 13.0. The van der Waals surface area contributed by atoms with E-state index in [0.29, 0.717) is 18.7 Å². The van der Waals surface area contributed by atoms with Gasteiger partial charge < -0.3 is 14.4 Å². The van der Waals surface area contributed by atoms with Gasteiger partial charge in [-0.1, -0.05) is 35.3 Å². The van der Waals surface area contributed by atoms with Crippen LogP contribution in [0.15, 0.2) is 30.3 Å². The summed E-state index contributed by atoms with van der Waals surface area (Å²) in [5.41, 5.74) is -0.0796. The highest BCUT2D eigenvalue weighted by Gasteiger charge is 2.30. The number of carbonyl (C=O) groups excluding carboxylic acids is 1. The van der Waals surface area contributed by atoms with Crippen molar-refractivity contribution >= 4 is 29.1 Å². The van der Waals surface area contributed by atoms with Crippen molar-refractivity contribution in [2.45, 2.75) is 12.7 Å². The van der Waals surface area contributed by atoms with Gasteiger partial charge in [-0.25, -0.2) is 0 Å². The molecule has 1 aromatic heterocycles. The zero-order chi connectivity index (χ0) is 20.4. The molecule has 0 bridgehead atoms. The molecule has 1 heterocycles. The third-order valence-electron chi connectivity index (χ3n) is 4.07. The lowest BCUT2D eigenvalue weighted by atomic mass is 10.1. The normalized spacial score (nSPS) is 11.9. The van der Waals surface area contributed by atoms with Crippen molar-refractivity contribution in [3.05, 3.63) is 57.3 Å². The van der Waals surface area contributed by atoms with Crippen LogP contribution in [0.2, 0.25) is 10.2 Å². The molecule has 1 aromatic carbocycles. The average molecular weight is 422 g/mol. The van der Waals surface area contributed by atoms with Crippen molar-refractivity contribution in [2.24, 2.45) is 7.05 Å². The number of carbonyl (C=O) groups is 1. The number of aromatic nitrogens is 1. The number of nitrogens with zero attached hydrogens (tertiary/aromatic N) is 3. The smallest absolute Gasteiger partial charge is 0.332 e. The molecular formula is C18H20Cl2F3N3O. The topological polar surface area (TPSA) is 28.5 Å². The van der Waals surface area contributed by atoms with Gasteiger partial charge >= 0.3 is 6.18 Å². The molecule has 0 saturated carbocycles. The molecule has 2 aromatic rings.